The average Bonchev–Trinajstić information content (AvgIpc) is 2.76. The monoisotopic (exact) mass is 263 g/mol. The van der Waals surface area contributed by atoms with Gasteiger partial charge in [-0.05, 0) is 20.4 Å². The van der Waals surface area contributed by atoms with Crippen LogP contribution >= 0.6 is 0 Å². The van der Waals surface area contributed by atoms with Gasteiger partial charge in [0, 0.05) is 24.7 Å². The van der Waals surface area contributed by atoms with E-state index in [1.807, 2.05) is 18.4 Å². The third kappa shape index (κ3) is 1.56. The predicted octanol–water partition coefficient (Wildman–Crippen LogP) is 0.567. The van der Waals surface area contributed by atoms with Crippen LogP contribution in [0.15, 0.2) is 12.5 Å². The van der Waals surface area contributed by atoms with Gasteiger partial charge in [0.1, 0.15) is 5.69 Å². The highest BCUT2D eigenvalue weighted by molar-refractivity contribution is 6.05. The zero-order valence-corrected chi connectivity index (χ0v) is 11.0. The van der Waals surface area contributed by atoms with E-state index in [1.54, 1.807) is 12.5 Å². The number of carboxylic acids is 1. The number of fused-ring (bicyclic) bond motifs is 1. The third-order valence-electron chi connectivity index (χ3n) is 4.41. The van der Waals surface area contributed by atoms with Crippen molar-refractivity contribution in [3.8, 4) is 0 Å². The first-order valence-electron chi connectivity index (χ1n) is 6.50. The van der Waals surface area contributed by atoms with Crippen molar-refractivity contribution in [3.05, 3.63) is 18.2 Å². The first kappa shape index (κ1) is 12.3. The Morgan fingerprint density at radius 1 is 1.58 bits per heavy atom. The van der Waals surface area contributed by atoms with E-state index in [1.165, 1.54) is 0 Å². The predicted molar refractivity (Wildman–Crippen MR) is 66.9 cm³/mol. The Hall–Kier alpha value is -1.69. The highest BCUT2D eigenvalue weighted by Crippen LogP contribution is 2.62. The van der Waals surface area contributed by atoms with Gasteiger partial charge < -0.3 is 15.0 Å². The van der Waals surface area contributed by atoms with E-state index in [9.17, 15) is 14.7 Å². The van der Waals surface area contributed by atoms with Crippen molar-refractivity contribution in [2.24, 2.45) is 17.3 Å². The highest BCUT2D eigenvalue weighted by atomic mass is 16.4. The number of imidazole rings is 1. The summed E-state index contributed by atoms with van der Waals surface area (Å²) in [5.74, 6) is -1.63. The summed E-state index contributed by atoms with van der Waals surface area (Å²) < 4.78 is 1.86. The lowest BCUT2D eigenvalue weighted by Crippen LogP contribution is -2.30. The molecule has 0 spiro atoms. The normalized spacial score (nSPS) is 32.4. The molecule has 0 radical (unpaired) electrons. The molecule has 6 nitrogen and oxygen atoms in total. The van der Waals surface area contributed by atoms with Crippen molar-refractivity contribution < 1.29 is 14.7 Å². The number of nitrogens with one attached hydrogen (secondary N) is 1. The van der Waals surface area contributed by atoms with Crippen LogP contribution in [0.1, 0.15) is 30.4 Å². The number of rotatable bonds is 4. The molecule has 1 aromatic heterocycles. The molecule has 2 aliphatic rings. The standard InChI is InChI=1S/C13H17N3O3/c1-7(2)16-4-9(15-6-16)11(17)13-5-14-3-8(13)10(13)12(18)19/h4,6-8,10,14H,3,5H2,1-2H3,(H,18,19). The molecule has 1 aliphatic carbocycles. The molecule has 3 atom stereocenters. The Kier molecular flexibility index (Phi) is 2.53. The van der Waals surface area contributed by atoms with Crippen molar-refractivity contribution in [1.82, 2.24) is 14.9 Å². The second-order valence-corrected chi connectivity index (χ2v) is 5.72. The summed E-state index contributed by atoms with van der Waals surface area (Å²) in [6.45, 7) is 5.06. The SMILES string of the molecule is CC(C)n1cnc(C(=O)C23CNCC2C3C(=O)O)c1. The molecule has 2 heterocycles. The number of hydrogen-bond acceptors (Lipinski definition) is 4. The Morgan fingerprint density at radius 3 is 2.84 bits per heavy atom. The van der Waals surface area contributed by atoms with Gasteiger partial charge in [0.2, 0.25) is 0 Å². The Morgan fingerprint density at radius 2 is 2.32 bits per heavy atom. The zero-order valence-electron chi connectivity index (χ0n) is 11.0. The fourth-order valence-electron chi connectivity index (χ4n) is 3.25. The smallest absolute Gasteiger partial charge is 0.307 e. The molecule has 0 aromatic carbocycles. The maximum Gasteiger partial charge on any atom is 0.307 e. The van der Waals surface area contributed by atoms with Crippen LogP contribution in [-0.4, -0.2) is 39.5 Å². The van der Waals surface area contributed by atoms with E-state index in [-0.39, 0.29) is 17.7 Å². The summed E-state index contributed by atoms with van der Waals surface area (Å²) in [5, 5.41) is 12.3. The van der Waals surface area contributed by atoms with Crippen molar-refractivity contribution in [2.45, 2.75) is 19.9 Å². The van der Waals surface area contributed by atoms with Crippen LogP contribution in [0.5, 0.6) is 0 Å². The zero-order chi connectivity index (χ0) is 13.8. The minimum atomic E-state index is -0.872. The number of nitrogens with zero attached hydrogens (tertiary/aromatic N) is 2. The van der Waals surface area contributed by atoms with E-state index < -0.39 is 17.3 Å². The number of Topliss-reactive ketones (excluding diaryl/α,β-unsaturated/α-hetero) is 1. The van der Waals surface area contributed by atoms with Crippen LogP contribution in [0.4, 0.5) is 0 Å². The number of carboxylic acid groups (broad SMARTS) is 1. The molecule has 102 valence electrons. The molecule has 1 aliphatic heterocycles. The van der Waals surface area contributed by atoms with Gasteiger partial charge in [-0.15, -0.1) is 0 Å². The molecule has 2 N–H and O–H groups in total. The molecule has 1 aromatic rings. The molecule has 6 heteroatoms. The van der Waals surface area contributed by atoms with Gasteiger partial charge in [-0.3, -0.25) is 9.59 Å². The number of piperidine rings is 1. The average molecular weight is 263 g/mol. The van der Waals surface area contributed by atoms with E-state index in [0.717, 1.165) is 0 Å². The van der Waals surface area contributed by atoms with Crippen molar-refractivity contribution in [1.29, 1.82) is 0 Å². The Bertz CT molecular complexity index is 551. The lowest BCUT2D eigenvalue weighted by Gasteiger charge is -2.10. The fourth-order valence-corrected chi connectivity index (χ4v) is 3.25. The first-order chi connectivity index (χ1) is 8.98. The third-order valence-corrected chi connectivity index (χ3v) is 4.41. The molecule has 3 rings (SSSR count). The molecule has 19 heavy (non-hydrogen) atoms. The van der Waals surface area contributed by atoms with E-state index >= 15 is 0 Å². The summed E-state index contributed by atoms with van der Waals surface area (Å²) in [4.78, 5) is 27.9. The number of ketones is 1. The molecule has 3 unspecified atom stereocenters. The quantitative estimate of drug-likeness (QED) is 0.776. The molecule has 1 saturated carbocycles. The Balaban J connectivity index is 1.89. The van der Waals surface area contributed by atoms with Crippen LogP contribution in [-0.2, 0) is 4.79 Å². The molecule has 2 fully saturated rings. The molecule has 0 bridgehead atoms. The minimum Gasteiger partial charge on any atom is -0.481 e. The molecular formula is C13H17N3O3. The van der Waals surface area contributed by atoms with Crippen LogP contribution in [0.3, 0.4) is 0 Å². The lowest BCUT2D eigenvalue weighted by atomic mass is 9.95. The topological polar surface area (TPSA) is 84.2 Å². The number of carbonyl (C=O) groups excluding carboxylic acids is 1. The van der Waals surface area contributed by atoms with E-state index in [0.29, 0.717) is 18.8 Å². The van der Waals surface area contributed by atoms with Gasteiger partial charge >= 0.3 is 5.97 Å². The number of aliphatic carboxylic acids is 1. The summed E-state index contributed by atoms with van der Waals surface area (Å²) >= 11 is 0. The van der Waals surface area contributed by atoms with E-state index in [2.05, 4.69) is 10.3 Å². The van der Waals surface area contributed by atoms with Crippen LogP contribution in [0.2, 0.25) is 0 Å². The first-order valence-corrected chi connectivity index (χ1v) is 6.50. The number of aromatic nitrogens is 2. The largest absolute Gasteiger partial charge is 0.481 e. The van der Waals surface area contributed by atoms with E-state index in [4.69, 9.17) is 0 Å². The Labute approximate surface area is 110 Å². The second-order valence-electron chi connectivity index (χ2n) is 5.72. The molecule has 1 saturated heterocycles. The second kappa shape index (κ2) is 3.90. The maximum atomic E-state index is 12.6. The summed E-state index contributed by atoms with van der Waals surface area (Å²) in [6.07, 6.45) is 3.35. The van der Waals surface area contributed by atoms with Gasteiger partial charge in [-0.2, -0.15) is 0 Å². The maximum absolute atomic E-state index is 12.6. The van der Waals surface area contributed by atoms with Gasteiger partial charge in [0.25, 0.3) is 0 Å². The number of hydrogen-bond donors (Lipinski definition) is 2. The van der Waals surface area contributed by atoms with Gasteiger partial charge in [-0.25, -0.2) is 4.98 Å². The van der Waals surface area contributed by atoms with Crippen molar-refractivity contribution in [2.75, 3.05) is 13.1 Å². The molecular weight excluding hydrogens is 246 g/mol. The molecule has 0 amide bonds. The fraction of sp³-hybridized carbons (Fsp3) is 0.615. The summed E-state index contributed by atoms with van der Waals surface area (Å²) in [5.41, 5.74) is -0.381. The van der Waals surface area contributed by atoms with Gasteiger partial charge in [0.05, 0.1) is 17.7 Å². The van der Waals surface area contributed by atoms with Gasteiger partial charge in [-0.1, -0.05) is 0 Å². The van der Waals surface area contributed by atoms with Crippen LogP contribution < -0.4 is 5.32 Å². The van der Waals surface area contributed by atoms with Gasteiger partial charge in [0.15, 0.2) is 5.78 Å². The van der Waals surface area contributed by atoms with Crippen LogP contribution in [0, 0.1) is 17.3 Å². The van der Waals surface area contributed by atoms with Crippen LogP contribution in [0.25, 0.3) is 0 Å². The lowest BCUT2D eigenvalue weighted by molar-refractivity contribution is -0.139. The highest BCUT2D eigenvalue weighted by Gasteiger charge is 2.74. The summed E-state index contributed by atoms with van der Waals surface area (Å²) in [7, 11) is 0. The number of carbonyl (C=O) groups is 2. The van der Waals surface area contributed by atoms with Crippen molar-refractivity contribution in [3.63, 3.8) is 0 Å². The minimum absolute atomic E-state index is 0.0818. The van der Waals surface area contributed by atoms with Crippen molar-refractivity contribution >= 4 is 11.8 Å². The summed E-state index contributed by atoms with van der Waals surface area (Å²) in [6, 6.07) is 0.235.